The molecule has 0 radical (unpaired) electrons. The number of nitrogens with one attached hydrogen (secondary N) is 2. The Morgan fingerprint density at radius 2 is 1.91 bits per heavy atom. The lowest BCUT2D eigenvalue weighted by atomic mass is 10.2. The smallest absolute Gasteiger partial charge is 0.251 e. The van der Waals surface area contributed by atoms with Gasteiger partial charge in [0.1, 0.15) is 0 Å². The van der Waals surface area contributed by atoms with Crippen molar-refractivity contribution in [2.45, 2.75) is 12.7 Å². The molecule has 0 saturated carbocycles. The second-order valence-electron chi connectivity index (χ2n) is 4.78. The van der Waals surface area contributed by atoms with Crippen molar-refractivity contribution >= 4 is 11.8 Å². The Balaban J connectivity index is 1.71. The van der Waals surface area contributed by atoms with E-state index in [4.69, 9.17) is 18.9 Å². The van der Waals surface area contributed by atoms with E-state index < -0.39 is 6.29 Å². The van der Waals surface area contributed by atoms with Crippen LogP contribution < -0.4 is 20.1 Å². The zero-order valence-electron chi connectivity index (χ0n) is 13.1. The number of fused-ring (bicyclic) bond motifs is 1. The summed E-state index contributed by atoms with van der Waals surface area (Å²) in [4.78, 5) is 23.6. The Labute approximate surface area is 134 Å². The van der Waals surface area contributed by atoms with Crippen LogP contribution in [0.5, 0.6) is 11.5 Å². The van der Waals surface area contributed by atoms with Crippen molar-refractivity contribution in [3.8, 4) is 11.5 Å². The van der Waals surface area contributed by atoms with Gasteiger partial charge < -0.3 is 29.6 Å². The first-order chi connectivity index (χ1) is 11.1. The highest BCUT2D eigenvalue weighted by molar-refractivity contribution is 5.95. The summed E-state index contributed by atoms with van der Waals surface area (Å²) in [6, 6.07) is 4.93. The molecule has 2 N–H and O–H groups in total. The number of hydrogen-bond acceptors (Lipinski definition) is 6. The molecule has 1 aromatic carbocycles. The normalized spacial score (nSPS) is 12.3. The van der Waals surface area contributed by atoms with Crippen molar-refractivity contribution in [1.29, 1.82) is 0 Å². The molecule has 0 fully saturated rings. The van der Waals surface area contributed by atoms with Gasteiger partial charge in [-0.25, -0.2) is 0 Å². The number of benzene rings is 1. The highest BCUT2D eigenvalue weighted by Crippen LogP contribution is 2.32. The topological polar surface area (TPSA) is 95.1 Å². The maximum Gasteiger partial charge on any atom is 0.251 e. The van der Waals surface area contributed by atoms with Crippen molar-refractivity contribution in [1.82, 2.24) is 10.6 Å². The molecule has 2 amide bonds. The quantitative estimate of drug-likeness (QED) is 0.667. The van der Waals surface area contributed by atoms with Gasteiger partial charge in [-0.15, -0.1) is 0 Å². The van der Waals surface area contributed by atoms with Crippen LogP contribution in [0.15, 0.2) is 18.2 Å². The Morgan fingerprint density at radius 1 is 1.17 bits per heavy atom. The maximum absolute atomic E-state index is 12.0. The van der Waals surface area contributed by atoms with Crippen LogP contribution in [0.4, 0.5) is 0 Å². The summed E-state index contributed by atoms with van der Waals surface area (Å²) in [6.45, 7) is 0.635. The lowest BCUT2D eigenvalue weighted by molar-refractivity contribution is -0.127. The van der Waals surface area contributed by atoms with E-state index in [0.29, 0.717) is 17.1 Å². The summed E-state index contributed by atoms with van der Waals surface area (Å²) >= 11 is 0. The van der Waals surface area contributed by atoms with E-state index in [9.17, 15) is 9.59 Å². The number of ether oxygens (including phenoxy) is 4. The van der Waals surface area contributed by atoms with Gasteiger partial charge in [-0.1, -0.05) is 0 Å². The van der Waals surface area contributed by atoms with E-state index in [0.717, 1.165) is 0 Å². The lowest BCUT2D eigenvalue weighted by Gasteiger charge is -2.14. The third-order valence-electron chi connectivity index (χ3n) is 3.26. The van der Waals surface area contributed by atoms with Crippen LogP contribution in [-0.4, -0.2) is 52.2 Å². The lowest BCUT2D eigenvalue weighted by Crippen LogP contribution is -2.36. The highest BCUT2D eigenvalue weighted by Gasteiger charge is 2.16. The number of carbonyl (C=O) groups is 2. The molecule has 8 nitrogen and oxygen atoms in total. The van der Waals surface area contributed by atoms with Gasteiger partial charge in [0.2, 0.25) is 12.7 Å². The van der Waals surface area contributed by atoms with E-state index in [1.54, 1.807) is 18.2 Å². The van der Waals surface area contributed by atoms with Crippen molar-refractivity contribution in [3.05, 3.63) is 23.8 Å². The van der Waals surface area contributed by atoms with Crippen molar-refractivity contribution in [2.75, 3.05) is 34.1 Å². The highest BCUT2D eigenvalue weighted by atomic mass is 16.7. The van der Waals surface area contributed by atoms with Crippen LogP contribution in [0.2, 0.25) is 0 Å². The summed E-state index contributed by atoms with van der Waals surface area (Å²) in [5.74, 6) is 0.685. The Bertz CT molecular complexity index is 559. The fourth-order valence-electron chi connectivity index (χ4n) is 1.98. The van der Waals surface area contributed by atoms with Crippen LogP contribution in [0, 0.1) is 0 Å². The molecular weight excluding hydrogens is 304 g/mol. The average Bonchev–Trinajstić information content (AvgIpc) is 3.03. The van der Waals surface area contributed by atoms with Crippen LogP contribution in [0.1, 0.15) is 16.8 Å². The molecule has 0 aromatic heterocycles. The first kappa shape index (κ1) is 17.0. The third kappa shape index (κ3) is 4.83. The predicted octanol–water partition coefficient (Wildman–Crippen LogP) is 0.270. The zero-order chi connectivity index (χ0) is 16.7. The zero-order valence-corrected chi connectivity index (χ0v) is 13.1. The van der Waals surface area contributed by atoms with Gasteiger partial charge >= 0.3 is 0 Å². The number of hydrogen-bond donors (Lipinski definition) is 2. The van der Waals surface area contributed by atoms with E-state index in [1.807, 2.05) is 0 Å². The molecule has 126 valence electrons. The molecule has 8 heteroatoms. The monoisotopic (exact) mass is 324 g/mol. The minimum Gasteiger partial charge on any atom is -0.454 e. The van der Waals surface area contributed by atoms with Gasteiger partial charge in [0.15, 0.2) is 17.8 Å². The number of methoxy groups -OCH3 is 2. The predicted molar refractivity (Wildman–Crippen MR) is 80.3 cm³/mol. The van der Waals surface area contributed by atoms with Crippen molar-refractivity contribution in [3.63, 3.8) is 0 Å². The molecule has 0 aliphatic carbocycles. The molecular formula is C15H20N2O6. The van der Waals surface area contributed by atoms with Crippen LogP contribution in [0.25, 0.3) is 0 Å². The molecule has 0 saturated heterocycles. The molecule has 0 spiro atoms. The Kier molecular flexibility index (Phi) is 6.19. The standard InChI is InChI=1S/C15H20N2O6/c1-20-14(21-2)8-17-13(18)5-6-16-15(19)10-3-4-11-12(7-10)23-9-22-11/h3-4,7,14H,5-6,8-9H2,1-2H3,(H,16,19)(H,17,18). The van der Waals surface area contributed by atoms with E-state index >= 15 is 0 Å². The van der Waals surface area contributed by atoms with Gasteiger partial charge in [0.05, 0.1) is 6.54 Å². The van der Waals surface area contributed by atoms with Gasteiger partial charge in [-0.05, 0) is 18.2 Å². The van der Waals surface area contributed by atoms with Crippen LogP contribution in [0.3, 0.4) is 0 Å². The van der Waals surface area contributed by atoms with Gasteiger partial charge in [0, 0.05) is 32.7 Å². The summed E-state index contributed by atoms with van der Waals surface area (Å²) in [5, 5.41) is 5.33. The summed E-state index contributed by atoms with van der Waals surface area (Å²) in [5.41, 5.74) is 0.452. The molecule has 1 heterocycles. The molecule has 0 bridgehead atoms. The minimum atomic E-state index is -0.484. The van der Waals surface area contributed by atoms with E-state index in [-0.39, 0.29) is 38.1 Å². The summed E-state index contributed by atoms with van der Waals surface area (Å²) in [6.07, 6.45) is -0.321. The minimum absolute atomic E-state index is 0.157. The largest absolute Gasteiger partial charge is 0.454 e. The molecule has 0 unspecified atom stereocenters. The summed E-state index contributed by atoms with van der Waals surface area (Å²) < 4.78 is 20.3. The van der Waals surface area contributed by atoms with Gasteiger partial charge in [0.25, 0.3) is 5.91 Å². The van der Waals surface area contributed by atoms with E-state index in [2.05, 4.69) is 10.6 Å². The Morgan fingerprint density at radius 3 is 2.65 bits per heavy atom. The van der Waals surface area contributed by atoms with E-state index in [1.165, 1.54) is 14.2 Å². The van der Waals surface area contributed by atoms with Crippen molar-refractivity contribution in [2.24, 2.45) is 0 Å². The van der Waals surface area contributed by atoms with Gasteiger partial charge in [-0.2, -0.15) is 0 Å². The van der Waals surface area contributed by atoms with Crippen LogP contribution >= 0.6 is 0 Å². The van der Waals surface area contributed by atoms with Gasteiger partial charge in [-0.3, -0.25) is 9.59 Å². The number of rotatable bonds is 8. The SMILES string of the molecule is COC(CNC(=O)CCNC(=O)c1ccc2c(c1)OCO2)OC. The fourth-order valence-corrected chi connectivity index (χ4v) is 1.98. The fraction of sp³-hybridized carbons (Fsp3) is 0.467. The molecule has 0 atom stereocenters. The van der Waals surface area contributed by atoms with Crippen LogP contribution in [-0.2, 0) is 14.3 Å². The maximum atomic E-state index is 12.0. The first-order valence-electron chi connectivity index (χ1n) is 7.14. The van der Waals surface area contributed by atoms with Crippen molar-refractivity contribution < 1.29 is 28.5 Å². The molecule has 1 aliphatic heterocycles. The second-order valence-corrected chi connectivity index (χ2v) is 4.78. The molecule has 1 aliphatic rings. The molecule has 23 heavy (non-hydrogen) atoms. The third-order valence-corrected chi connectivity index (χ3v) is 3.26. The molecule has 1 aromatic rings. The first-order valence-corrected chi connectivity index (χ1v) is 7.14. The average molecular weight is 324 g/mol. The number of carbonyl (C=O) groups excluding carboxylic acids is 2. The second kappa shape index (κ2) is 8.35. The summed E-state index contributed by atoms with van der Waals surface area (Å²) in [7, 11) is 2.98. The molecule has 2 rings (SSSR count). The number of amides is 2. The Hall–Kier alpha value is -2.32.